The van der Waals surface area contributed by atoms with Crippen molar-refractivity contribution in [3.8, 4) is 0 Å². The lowest BCUT2D eigenvalue weighted by Crippen LogP contribution is -2.51. The molecule has 1 amide bonds. The smallest absolute Gasteiger partial charge is 0.237 e. The summed E-state index contributed by atoms with van der Waals surface area (Å²) < 4.78 is 0. The van der Waals surface area contributed by atoms with Crippen LogP contribution in [0.2, 0.25) is 0 Å². The van der Waals surface area contributed by atoms with Crippen molar-refractivity contribution >= 4 is 5.91 Å². The Balaban J connectivity index is 1.96. The molecule has 0 radical (unpaired) electrons. The first kappa shape index (κ1) is 14.1. The number of benzene rings is 1. The lowest BCUT2D eigenvalue weighted by Gasteiger charge is -2.30. The van der Waals surface area contributed by atoms with E-state index in [1.165, 1.54) is 12.0 Å². The largest absolute Gasteiger partial charge is 0.348 e. The second-order valence-corrected chi connectivity index (χ2v) is 5.69. The van der Waals surface area contributed by atoms with Crippen LogP contribution in [0.4, 0.5) is 0 Å². The lowest BCUT2D eigenvalue weighted by atomic mass is 9.92. The summed E-state index contributed by atoms with van der Waals surface area (Å²) in [7, 11) is 0. The topological polar surface area (TPSA) is 41.1 Å². The van der Waals surface area contributed by atoms with E-state index in [-0.39, 0.29) is 18.0 Å². The van der Waals surface area contributed by atoms with Crippen LogP contribution in [0.5, 0.6) is 0 Å². The van der Waals surface area contributed by atoms with Gasteiger partial charge in [-0.2, -0.15) is 0 Å². The summed E-state index contributed by atoms with van der Waals surface area (Å²) in [5, 5.41) is 6.44. The van der Waals surface area contributed by atoms with E-state index in [1.807, 2.05) is 6.92 Å². The summed E-state index contributed by atoms with van der Waals surface area (Å²) in [6, 6.07) is 8.35. The Bertz CT molecular complexity index is 427. The molecule has 0 aliphatic carbocycles. The molecule has 1 fully saturated rings. The molecule has 3 atom stereocenters. The highest BCUT2D eigenvalue weighted by Crippen LogP contribution is 2.18. The Labute approximate surface area is 115 Å². The van der Waals surface area contributed by atoms with Crippen molar-refractivity contribution in [3.63, 3.8) is 0 Å². The van der Waals surface area contributed by atoms with Crippen molar-refractivity contribution in [3.05, 3.63) is 35.4 Å². The maximum Gasteiger partial charge on any atom is 0.237 e. The van der Waals surface area contributed by atoms with Gasteiger partial charge in [-0.25, -0.2) is 0 Å². The van der Waals surface area contributed by atoms with Gasteiger partial charge in [-0.1, -0.05) is 36.8 Å². The predicted octanol–water partition coefficient (Wildman–Crippen LogP) is 2.56. The van der Waals surface area contributed by atoms with E-state index in [0.717, 1.165) is 18.5 Å². The zero-order chi connectivity index (χ0) is 13.8. The highest BCUT2D eigenvalue weighted by atomic mass is 16.2. The number of aryl methyl sites for hydroxylation is 1. The number of piperidine rings is 1. The van der Waals surface area contributed by atoms with Gasteiger partial charge in [0.1, 0.15) is 0 Å². The molecule has 19 heavy (non-hydrogen) atoms. The number of carbonyl (C=O) groups excluding carboxylic acids is 1. The summed E-state index contributed by atoms with van der Waals surface area (Å²) in [6.07, 6.45) is 2.29. The van der Waals surface area contributed by atoms with E-state index in [9.17, 15) is 4.79 Å². The number of carbonyl (C=O) groups is 1. The van der Waals surface area contributed by atoms with Gasteiger partial charge < -0.3 is 10.6 Å². The molecule has 2 unspecified atom stereocenters. The molecular weight excluding hydrogens is 236 g/mol. The Morgan fingerprint density at radius 1 is 1.37 bits per heavy atom. The number of hydrogen-bond acceptors (Lipinski definition) is 2. The second kappa shape index (κ2) is 6.20. The van der Waals surface area contributed by atoms with E-state index in [1.54, 1.807) is 0 Å². The van der Waals surface area contributed by atoms with Crippen LogP contribution in [-0.4, -0.2) is 18.5 Å². The van der Waals surface area contributed by atoms with Crippen molar-refractivity contribution < 1.29 is 4.79 Å². The molecule has 0 saturated carbocycles. The molecule has 2 N–H and O–H groups in total. The quantitative estimate of drug-likeness (QED) is 0.877. The van der Waals surface area contributed by atoms with Crippen LogP contribution in [0.15, 0.2) is 24.3 Å². The molecule has 3 nitrogen and oxygen atoms in total. The van der Waals surface area contributed by atoms with Crippen LogP contribution in [-0.2, 0) is 4.79 Å². The molecule has 104 valence electrons. The van der Waals surface area contributed by atoms with E-state index in [4.69, 9.17) is 0 Å². The standard InChI is InChI=1S/C16H24N2O/c1-11-6-8-14(9-7-11)13(3)18-16(19)15-12(2)5-4-10-17-15/h6-9,12-13,15,17H,4-5,10H2,1-3H3,(H,18,19)/t12?,13-,15?/m0/s1. The molecule has 2 rings (SSSR count). The van der Waals surface area contributed by atoms with Crippen LogP contribution in [0.3, 0.4) is 0 Å². The van der Waals surface area contributed by atoms with E-state index in [0.29, 0.717) is 5.92 Å². The molecular formula is C16H24N2O. The van der Waals surface area contributed by atoms with Gasteiger partial charge in [-0.15, -0.1) is 0 Å². The fourth-order valence-corrected chi connectivity index (χ4v) is 2.64. The van der Waals surface area contributed by atoms with Crippen molar-refractivity contribution in [2.45, 2.75) is 45.7 Å². The molecule has 1 heterocycles. The number of nitrogens with one attached hydrogen (secondary N) is 2. The number of hydrogen-bond donors (Lipinski definition) is 2. The van der Waals surface area contributed by atoms with Crippen LogP contribution in [0.25, 0.3) is 0 Å². The van der Waals surface area contributed by atoms with Gasteiger partial charge in [0.25, 0.3) is 0 Å². The first-order chi connectivity index (χ1) is 9.08. The average molecular weight is 260 g/mol. The second-order valence-electron chi connectivity index (χ2n) is 5.69. The average Bonchev–Trinajstić information content (AvgIpc) is 2.39. The van der Waals surface area contributed by atoms with Gasteiger partial charge in [0, 0.05) is 0 Å². The van der Waals surface area contributed by atoms with Gasteiger partial charge in [0.15, 0.2) is 0 Å². The summed E-state index contributed by atoms with van der Waals surface area (Å²) in [5.74, 6) is 0.541. The third-order valence-corrected chi connectivity index (χ3v) is 3.99. The fourth-order valence-electron chi connectivity index (χ4n) is 2.64. The molecule has 3 heteroatoms. The molecule has 1 aromatic carbocycles. The zero-order valence-corrected chi connectivity index (χ0v) is 12.1. The van der Waals surface area contributed by atoms with Gasteiger partial charge >= 0.3 is 0 Å². The maximum atomic E-state index is 12.3. The molecule has 1 aliphatic heterocycles. The van der Waals surface area contributed by atoms with Crippen molar-refractivity contribution in [2.24, 2.45) is 5.92 Å². The number of amides is 1. The lowest BCUT2D eigenvalue weighted by molar-refractivity contribution is -0.125. The summed E-state index contributed by atoms with van der Waals surface area (Å²) in [4.78, 5) is 12.3. The predicted molar refractivity (Wildman–Crippen MR) is 77.9 cm³/mol. The van der Waals surface area contributed by atoms with Crippen LogP contribution < -0.4 is 10.6 Å². The normalized spacial score (nSPS) is 24.8. The summed E-state index contributed by atoms with van der Waals surface area (Å²) in [5.41, 5.74) is 2.40. The first-order valence-electron chi connectivity index (χ1n) is 7.18. The van der Waals surface area contributed by atoms with Crippen molar-refractivity contribution in [2.75, 3.05) is 6.54 Å². The van der Waals surface area contributed by atoms with E-state index in [2.05, 4.69) is 48.7 Å². The Kier molecular flexibility index (Phi) is 4.59. The SMILES string of the molecule is Cc1ccc([C@H](C)NC(=O)C2NCCCC2C)cc1. The number of rotatable bonds is 3. The van der Waals surface area contributed by atoms with Crippen LogP contribution in [0, 0.1) is 12.8 Å². The van der Waals surface area contributed by atoms with Gasteiger partial charge in [0.05, 0.1) is 12.1 Å². The van der Waals surface area contributed by atoms with E-state index < -0.39 is 0 Å². The molecule has 0 aromatic heterocycles. The molecule has 0 bridgehead atoms. The molecule has 1 aliphatic rings. The van der Waals surface area contributed by atoms with Crippen molar-refractivity contribution in [1.29, 1.82) is 0 Å². The minimum Gasteiger partial charge on any atom is -0.348 e. The highest BCUT2D eigenvalue weighted by Gasteiger charge is 2.28. The van der Waals surface area contributed by atoms with E-state index >= 15 is 0 Å². The molecule has 0 spiro atoms. The maximum absolute atomic E-state index is 12.3. The third-order valence-electron chi connectivity index (χ3n) is 3.99. The highest BCUT2D eigenvalue weighted by molar-refractivity contribution is 5.82. The summed E-state index contributed by atoms with van der Waals surface area (Å²) >= 11 is 0. The van der Waals surface area contributed by atoms with Gasteiger partial charge in [-0.05, 0) is 44.7 Å². The monoisotopic (exact) mass is 260 g/mol. The summed E-state index contributed by atoms with van der Waals surface area (Å²) in [6.45, 7) is 7.20. The van der Waals surface area contributed by atoms with Gasteiger partial charge in [-0.3, -0.25) is 4.79 Å². The van der Waals surface area contributed by atoms with Crippen LogP contribution >= 0.6 is 0 Å². The minimum absolute atomic E-state index is 0.0401. The van der Waals surface area contributed by atoms with Crippen LogP contribution in [0.1, 0.15) is 43.9 Å². The molecule has 1 aromatic rings. The van der Waals surface area contributed by atoms with Gasteiger partial charge in [0.2, 0.25) is 5.91 Å². The molecule has 1 saturated heterocycles. The zero-order valence-electron chi connectivity index (χ0n) is 12.1. The van der Waals surface area contributed by atoms with Crippen molar-refractivity contribution in [1.82, 2.24) is 10.6 Å². The first-order valence-corrected chi connectivity index (χ1v) is 7.18. The minimum atomic E-state index is -0.0401. The Morgan fingerprint density at radius 3 is 2.68 bits per heavy atom. The third kappa shape index (κ3) is 3.57. The fraction of sp³-hybridized carbons (Fsp3) is 0.562. The Morgan fingerprint density at radius 2 is 2.05 bits per heavy atom. The Hall–Kier alpha value is -1.35.